The monoisotopic (exact) mass is 410 g/mol. The van der Waals surface area contributed by atoms with Crippen LogP contribution < -0.4 is 10.5 Å². The van der Waals surface area contributed by atoms with Crippen LogP contribution in [0.25, 0.3) is 10.9 Å². The summed E-state index contributed by atoms with van der Waals surface area (Å²) in [7, 11) is 0. The van der Waals surface area contributed by atoms with Crippen LogP contribution in [-0.4, -0.2) is 46.5 Å². The maximum Gasteiger partial charge on any atom is 0.261 e. The highest BCUT2D eigenvalue weighted by Gasteiger charge is 2.21. The number of carbonyl (C=O) groups is 1. The Kier molecular flexibility index (Phi) is 5.81. The molecule has 1 aliphatic heterocycles. The van der Waals surface area contributed by atoms with Gasteiger partial charge in [0.05, 0.1) is 17.2 Å². The highest BCUT2D eigenvalue weighted by Crippen LogP contribution is 2.21. The van der Waals surface area contributed by atoms with Crippen molar-refractivity contribution in [2.75, 3.05) is 31.1 Å². The molecule has 2 aromatic carbocycles. The van der Waals surface area contributed by atoms with Crippen LogP contribution >= 0.6 is 11.6 Å². The smallest absolute Gasteiger partial charge is 0.261 e. The van der Waals surface area contributed by atoms with Crippen molar-refractivity contribution in [3.8, 4) is 0 Å². The molecule has 0 N–H and O–H groups in total. The minimum absolute atomic E-state index is 0.0572. The topological polar surface area (TPSA) is 58.4 Å². The van der Waals surface area contributed by atoms with Crippen LogP contribution in [-0.2, 0) is 11.3 Å². The van der Waals surface area contributed by atoms with Crippen molar-refractivity contribution in [1.82, 2.24) is 14.5 Å². The largest absolute Gasteiger partial charge is 0.368 e. The molecule has 7 heteroatoms. The van der Waals surface area contributed by atoms with Gasteiger partial charge in [-0.05, 0) is 36.8 Å². The van der Waals surface area contributed by atoms with Gasteiger partial charge in [-0.2, -0.15) is 0 Å². The van der Waals surface area contributed by atoms with Crippen LogP contribution in [0.4, 0.5) is 5.69 Å². The number of amides is 1. The average Bonchev–Trinajstić information content (AvgIpc) is 2.75. The number of piperazine rings is 1. The zero-order valence-electron chi connectivity index (χ0n) is 16.1. The quantitative estimate of drug-likeness (QED) is 0.648. The maximum atomic E-state index is 12.6. The number of benzene rings is 2. The molecule has 0 aliphatic carbocycles. The van der Waals surface area contributed by atoms with Gasteiger partial charge in [-0.15, -0.1) is 0 Å². The molecule has 29 heavy (non-hydrogen) atoms. The lowest BCUT2D eigenvalue weighted by atomic mass is 10.2. The number of nitrogens with zero attached hydrogens (tertiary/aromatic N) is 4. The van der Waals surface area contributed by atoms with Crippen molar-refractivity contribution < 1.29 is 4.79 Å². The zero-order valence-corrected chi connectivity index (χ0v) is 16.9. The second kappa shape index (κ2) is 8.66. The molecule has 0 atom stereocenters. The molecule has 2 heterocycles. The summed E-state index contributed by atoms with van der Waals surface area (Å²) in [4.78, 5) is 33.6. The van der Waals surface area contributed by atoms with Crippen LogP contribution in [0.15, 0.2) is 59.7 Å². The van der Waals surface area contributed by atoms with Crippen molar-refractivity contribution >= 4 is 34.1 Å². The summed E-state index contributed by atoms with van der Waals surface area (Å²) in [6, 6.07) is 15.1. The van der Waals surface area contributed by atoms with Crippen molar-refractivity contribution in [1.29, 1.82) is 0 Å². The molecular weight excluding hydrogens is 388 g/mol. The first-order chi connectivity index (χ1) is 14.1. The van der Waals surface area contributed by atoms with E-state index < -0.39 is 0 Å². The number of fused-ring (bicyclic) bond motifs is 1. The standard InChI is InChI=1S/C22H23ClN4O2/c23-17-5-3-6-18(15-17)25-11-13-26(14-12-25)21(28)9-4-10-27-16-24-20-8-2-1-7-19(20)22(27)29/h1-3,5-8,15-16H,4,9-14H2. The number of hydrogen-bond acceptors (Lipinski definition) is 4. The zero-order chi connectivity index (χ0) is 20.2. The van der Waals surface area contributed by atoms with E-state index in [9.17, 15) is 9.59 Å². The molecule has 0 radical (unpaired) electrons. The molecule has 1 aromatic heterocycles. The van der Waals surface area contributed by atoms with Gasteiger partial charge < -0.3 is 9.80 Å². The van der Waals surface area contributed by atoms with Gasteiger partial charge in [0.25, 0.3) is 5.56 Å². The number of aromatic nitrogens is 2. The lowest BCUT2D eigenvalue weighted by molar-refractivity contribution is -0.131. The van der Waals surface area contributed by atoms with Crippen molar-refractivity contribution in [2.24, 2.45) is 0 Å². The molecule has 0 saturated carbocycles. The third kappa shape index (κ3) is 4.43. The molecule has 6 nitrogen and oxygen atoms in total. The van der Waals surface area contributed by atoms with E-state index in [2.05, 4.69) is 9.88 Å². The fraction of sp³-hybridized carbons (Fsp3) is 0.318. The molecular formula is C22H23ClN4O2. The highest BCUT2D eigenvalue weighted by molar-refractivity contribution is 6.30. The van der Waals surface area contributed by atoms with Gasteiger partial charge in [-0.25, -0.2) is 4.98 Å². The van der Waals surface area contributed by atoms with Crippen molar-refractivity contribution in [3.63, 3.8) is 0 Å². The summed E-state index contributed by atoms with van der Waals surface area (Å²) in [6.45, 7) is 3.47. The van der Waals surface area contributed by atoms with Crippen LogP contribution in [0, 0.1) is 0 Å². The molecule has 1 saturated heterocycles. The Morgan fingerprint density at radius 3 is 2.62 bits per heavy atom. The van der Waals surface area contributed by atoms with E-state index in [1.165, 1.54) is 0 Å². The molecule has 1 aliphatic rings. The van der Waals surface area contributed by atoms with Crippen LogP contribution in [0.5, 0.6) is 0 Å². The number of anilines is 1. The maximum absolute atomic E-state index is 12.6. The van der Waals surface area contributed by atoms with E-state index in [1.807, 2.05) is 47.4 Å². The van der Waals surface area contributed by atoms with Gasteiger partial charge in [0, 0.05) is 49.9 Å². The molecule has 4 rings (SSSR count). The third-order valence-corrected chi connectivity index (χ3v) is 5.56. The number of rotatable bonds is 5. The number of hydrogen-bond donors (Lipinski definition) is 0. The van der Waals surface area contributed by atoms with E-state index in [0.29, 0.717) is 43.4 Å². The van der Waals surface area contributed by atoms with Crippen LogP contribution in [0.1, 0.15) is 12.8 Å². The van der Waals surface area contributed by atoms with E-state index in [4.69, 9.17) is 11.6 Å². The number of aryl methyl sites for hydroxylation is 1. The Bertz CT molecular complexity index is 1070. The predicted molar refractivity (Wildman–Crippen MR) is 115 cm³/mol. The average molecular weight is 411 g/mol. The summed E-state index contributed by atoms with van der Waals surface area (Å²) in [6.07, 6.45) is 2.61. The fourth-order valence-electron chi connectivity index (χ4n) is 3.71. The van der Waals surface area contributed by atoms with Crippen LogP contribution in [0.3, 0.4) is 0 Å². The molecule has 1 fully saturated rings. The Hall–Kier alpha value is -2.86. The lowest BCUT2D eigenvalue weighted by Gasteiger charge is -2.36. The summed E-state index contributed by atoms with van der Waals surface area (Å²) >= 11 is 6.07. The van der Waals surface area contributed by atoms with Crippen LogP contribution in [0.2, 0.25) is 5.02 Å². The molecule has 0 unspecified atom stereocenters. The molecule has 3 aromatic rings. The highest BCUT2D eigenvalue weighted by atomic mass is 35.5. The van der Waals surface area contributed by atoms with E-state index >= 15 is 0 Å². The second-order valence-corrected chi connectivity index (χ2v) is 7.65. The fourth-order valence-corrected chi connectivity index (χ4v) is 3.90. The first-order valence-electron chi connectivity index (χ1n) is 9.84. The normalized spacial score (nSPS) is 14.4. The summed E-state index contributed by atoms with van der Waals surface area (Å²) in [5.41, 5.74) is 1.73. The van der Waals surface area contributed by atoms with E-state index in [1.54, 1.807) is 17.0 Å². The van der Waals surface area contributed by atoms with Gasteiger partial charge in [0.2, 0.25) is 5.91 Å². The number of carbonyl (C=O) groups excluding carboxylic acids is 1. The Balaban J connectivity index is 1.29. The first-order valence-corrected chi connectivity index (χ1v) is 10.2. The molecule has 1 amide bonds. The predicted octanol–water partition coefficient (Wildman–Crippen LogP) is 3.18. The van der Waals surface area contributed by atoms with Gasteiger partial charge in [-0.3, -0.25) is 14.2 Å². The lowest BCUT2D eigenvalue weighted by Crippen LogP contribution is -2.48. The van der Waals surface area contributed by atoms with E-state index in [-0.39, 0.29) is 11.5 Å². The summed E-state index contributed by atoms with van der Waals surface area (Å²) < 4.78 is 1.59. The Morgan fingerprint density at radius 2 is 1.83 bits per heavy atom. The minimum atomic E-state index is -0.0572. The van der Waals surface area contributed by atoms with Gasteiger partial charge in [0.1, 0.15) is 0 Å². The third-order valence-electron chi connectivity index (χ3n) is 5.33. The van der Waals surface area contributed by atoms with Crippen molar-refractivity contribution in [2.45, 2.75) is 19.4 Å². The number of para-hydroxylation sites is 1. The van der Waals surface area contributed by atoms with Gasteiger partial charge in [-0.1, -0.05) is 29.8 Å². The van der Waals surface area contributed by atoms with E-state index in [0.717, 1.165) is 23.8 Å². The summed E-state index contributed by atoms with van der Waals surface area (Å²) in [5, 5.41) is 1.33. The molecule has 0 bridgehead atoms. The Morgan fingerprint density at radius 1 is 1.03 bits per heavy atom. The minimum Gasteiger partial charge on any atom is -0.368 e. The van der Waals surface area contributed by atoms with Gasteiger partial charge >= 0.3 is 0 Å². The molecule has 0 spiro atoms. The Labute approximate surface area is 174 Å². The summed E-state index contributed by atoms with van der Waals surface area (Å²) in [5.74, 6) is 0.137. The molecule has 150 valence electrons. The number of halogens is 1. The first kappa shape index (κ1) is 19.5. The SMILES string of the molecule is O=C(CCCn1cnc2ccccc2c1=O)N1CCN(c2cccc(Cl)c2)CC1. The second-order valence-electron chi connectivity index (χ2n) is 7.21. The van der Waals surface area contributed by atoms with Crippen molar-refractivity contribution in [3.05, 3.63) is 70.2 Å². The van der Waals surface area contributed by atoms with Gasteiger partial charge in [0.15, 0.2) is 0 Å².